The van der Waals surface area contributed by atoms with Gasteiger partial charge >= 0.3 is 0 Å². The third-order valence-corrected chi connectivity index (χ3v) is 9.16. The summed E-state index contributed by atoms with van der Waals surface area (Å²) in [5.41, 5.74) is 2.10. The number of hydrogen-bond acceptors (Lipinski definition) is 5. The first-order valence-corrected chi connectivity index (χ1v) is 18.0. The fourth-order valence-corrected chi connectivity index (χ4v) is 5.94. The molecular weight excluding hydrogens is 625 g/mol. The lowest BCUT2D eigenvalue weighted by Gasteiger charge is -2.39. The zero-order valence-electron chi connectivity index (χ0n) is 31.2. The molecule has 5 nitrogen and oxygen atoms in total. The largest absolute Gasteiger partial charge is 0.507 e. The summed E-state index contributed by atoms with van der Waals surface area (Å²) in [7, 11) is 0. The molecule has 1 atom stereocenters. The molecule has 0 saturated carbocycles. The predicted octanol–water partition coefficient (Wildman–Crippen LogP) is 10.5. The van der Waals surface area contributed by atoms with Crippen LogP contribution in [0.5, 0.6) is 17.2 Å². The summed E-state index contributed by atoms with van der Waals surface area (Å²) in [6.07, 6.45) is 5.42. The molecule has 0 fully saturated rings. The molecule has 0 radical (unpaired) electrons. The van der Waals surface area contributed by atoms with Crippen LogP contribution >= 0.6 is 0 Å². The summed E-state index contributed by atoms with van der Waals surface area (Å²) in [5, 5.41) is 24.6. The number of ether oxygens (including phenoxy) is 2. The van der Waals surface area contributed by atoms with E-state index in [9.17, 15) is 14.6 Å². The van der Waals surface area contributed by atoms with E-state index in [0.717, 1.165) is 42.4 Å². The highest BCUT2D eigenvalue weighted by atomic mass is 19.1. The lowest BCUT2D eigenvalue weighted by atomic mass is 9.73. The average molecular weight is 682 g/mol. The highest BCUT2D eigenvalue weighted by molar-refractivity contribution is 5.83. The van der Waals surface area contributed by atoms with Crippen LogP contribution in [0.1, 0.15) is 114 Å². The Morgan fingerprint density at radius 3 is 1.72 bits per heavy atom. The number of nitrogens with zero attached hydrogens (tertiary/aromatic N) is 1. The van der Waals surface area contributed by atoms with Crippen molar-refractivity contribution in [2.45, 2.75) is 110 Å². The lowest BCUT2D eigenvalue weighted by molar-refractivity contribution is 0.0460. The minimum Gasteiger partial charge on any atom is -0.507 e. The third kappa shape index (κ3) is 9.54. The van der Waals surface area contributed by atoms with Gasteiger partial charge < -0.3 is 19.7 Å². The summed E-state index contributed by atoms with van der Waals surface area (Å²) in [6.45, 7) is 18.1. The SMILES string of the molecule is CCCCOc1ccc(C(C)(C)C)cc1C(O)(c1cc(C(C)(C)C)ccc1OCCCC)[C@@H](Cc1ccccc1)N=Cc1cc(F)ccc1O. The van der Waals surface area contributed by atoms with Crippen LogP contribution in [0.3, 0.4) is 0 Å². The van der Waals surface area contributed by atoms with Crippen LogP contribution in [0.4, 0.5) is 4.39 Å². The Labute approximate surface area is 299 Å². The van der Waals surface area contributed by atoms with E-state index in [2.05, 4.69) is 67.5 Å². The van der Waals surface area contributed by atoms with E-state index in [-0.39, 0.29) is 22.1 Å². The Bertz CT molecular complexity index is 1650. The fraction of sp³-hybridized carbons (Fsp3) is 0.432. The number of halogens is 1. The van der Waals surface area contributed by atoms with Crippen LogP contribution in [0.15, 0.2) is 89.9 Å². The first-order valence-electron chi connectivity index (χ1n) is 18.0. The second-order valence-electron chi connectivity index (χ2n) is 15.3. The monoisotopic (exact) mass is 681 g/mol. The zero-order valence-corrected chi connectivity index (χ0v) is 31.2. The van der Waals surface area contributed by atoms with E-state index in [4.69, 9.17) is 14.5 Å². The number of rotatable bonds is 15. The van der Waals surface area contributed by atoms with Crippen molar-refractivity contribution in [3.05, 3.63) is 124 Å². The second kappa shape index (κ2) is 16.7. The van der Waals surface area contributed by atoms with E-state index in [1.165, 1.54) is 24.4 Å². The van der Waals surface area contributed by atoms with Crippen LogP contribution in [-0.4, -0.2) is 35.7 Å². The Morgan fingerprint density at radius 2 is 1.24 bits per heavy atom. The van der Waals surface area contributed by atoms with Gasteiger partial charge in [0, 0.05) is 22.9 Å². The number of benzene rings is 4. The lowest BCUT2D eigenvalue weighted by Crippen LogP contribution is -2.42. The molecule has 4 aromatic carbocycles. The fourth-order valence-electron chi connectivity index (χ4n) is 5.94. The highest BCUT2D eigenvalue weighted by Gasteiger charge is 2.45. The standard InChI is InChI=1S/C44H56FNO4/c1-9-11-24-49-39-22-18-33(42(3,4)5)28-36(39)44(48,37-29-34(43(6,7)8)19-23-40(37)50-25-12-10-2)41(26-31-16-14-13-15-17-31)46-30-32-27-35(45)20-21-38(32)47/h13-23,27-30,41,47-48H,9-12,24-26H2,1-8H3/t41-/m1/s1. The molecule has 0 aromatic heterocycles. The minimum absolute atomic E-state index is 0.103. The number of phenols is 1. The molecule has 0 aliphatic heterocycles. The molecule has 50 heavy (non-hydrogen) atoms. The molecule has 268 valence electrons. The summed E-state index contributed by atoms with van der Waals surface area (Å²) in [4.78, 5) is 5.06. The van der Waals surface area contributed by atoms with E-state index in [1.807, 2.05) is 54.6 Å². The predicted molar refractivity (Wildman–Crippen MR) is 204 cm³/mol. The van der Waals surface area contributed by atoms with Gasteiger partial charge in [0.15, 0.2) is 0 Å². The van der Waals surface area contributed by atoms with E-state index in [1.54, 1.807) is 0 Å². The van der Waals surface area contributed by atoms with Crippen molar-refractivity contribution in [3.63, 3.8) is 0 Å². The van der Waals surface area contributed by atoms with Crippen molar-refractivity contribution in [3.8, 4) is 17.2 Å². The third-order valence-electron chi connectivity index (χ3n) is 9.16. The van der Waals surface area contributed by atoms with Crippen molar-refractivity contribution >= 4 is 6.21 Å². The van der Waals surface area contributed by atoms with Crippen LogP contribution in [0.25, 0.3) is 0 Å². The smallest absolute Gasteiger partial charge is 0.144 e. The Morgan fingerprint density at radius 1 is 0.720 bits per heavy atom. The van der Waals surface area contributed by atoms with E-state index < -0.39 is 17.5 Å². The molecule has 0 saturated heterocycles. The molecule has 0 aliphatic rings. The number of aliphatic imine (C=N–C) groups is 1. The number of aliphatic hydroxyl groups is 1. The Balaban J connectivity index is 2.14. The van der Waals surface area contributed by atoms with Crippen molar-refractivity contribution in [1.29, 1.82) is 0 Å². The van der Waals surface area contributed by atoms with Crippen LogP contribution in [-0.2, 0) is 22.9 Å². The van der Waals surface area contributed by atoms with Gasteiger partial charge in [-0.15, -0.1) is 0 Å². The van der Waals surface area contributed by atoms with Gasteiger partial charge in [-0.25, -0.2) is 4.39 Å². The van der Waals surface area contributed by atoms with Crippen molar-refractivity contribution in [2.75, 3.05) is 13.2 Å². The molecule has 0 spiro atoms. The van der Waals surface area contributed by atoms with E-state index >= 15 is 0 Å². The maximum atomic E-state index is 14.4. The topological polar surface area (TPSA) is 71.3 Å². The number of unbranched alkanes of at least 4 members (excludes halogenated alkanes) is 2. The molecule has 4 aromatic rings. The van der Waals surface area contributed by atoms with Gasteiger partial charge in [0.2, 0.25) is 0 Å². The molecule has 4 rings (SSSR count). The van der Waals surface area contributed by atoms with Gasteiger partial charge in [-0.3, -0.25) is 4.99 Å². The quantitative estimate of drug-likeness (QED) is 0.0968. The first-order chi connectivity index (χ1) is 23.7. The molecular formula is C44H56FNO4. The van der Waals surface area contributed by atoms with Crippen LogP contribution in [0, 0.1) is 5.82 Å². The summed E-state index contributed by atoms with van der Waals surface area (Å²) in [6, 6.07) is 25.0. The average Bonchev–Trinajstić information content (AvgIpc) is 3.07. The van der Waals surface area contributed by atoms with Crippen LogP contribution < -0.4 is 9.47 Å². The molecule has 0 amide bonds. The normalized spacial score (nSPS) is 13.1. The molecule has 6 heteroatoms. The number of aromatic hydroxyl groups is 1. The van der Waals surface area contributed by atoms with E-state index in [0.29, 0.717) is 42.3 Å². The van der Waals surface area contributed by atoms with Gasteiger partial charge in [-0.2, -0.15) is 0 Å². The van der Waals surface area contributed by atoms with Crippen LogP contribution in [0.2, 0.25) is 0 Å². The molecule has 0 unspecified atom stereocenters. The van der Waals surface area contributed by atoms with Gasteiger partial charge in [-0.05, 0) is 89.2 Å². The highest BCUT2D eigenvalue weighted by Crippen LogP contribution is 2.47. The Kier molecular flexibility index (Phi) is 12.9. The number of phenolic OH excluding ortho intramolecular Hbond substituents is 1. The zero-order chi connectivity index (χ0) is 36.5. The second-order valence-corrected chi connectivity index (χ2v) is 15.3. The first kappa shape index (κ1) is 38.6. The minimum atomic E-state index is -1.80. The van der Waals surface area contributed by atoms with Crippen molar-refractivity contribution < 1.29 is 24.1 Å². The van der Waals surface area contributed by atoms with Gasteiger partial charge in [0.1, 0.15) is 28.7 Å². The van der Waals surface area contributed by atoms with Gasteiger partial charge in [0.05, 0.1) is 19.3 Å². The maximum absolute atomic E-state index is 14.4. The summed E-state index contributed by atoms with van der Waals surface area (Å²) >= 11 is 0. The maximum Gasteiger partial charge on any atom is 0.144 e. The number of hydrogen-bond donors (Lipinski definition) is 2. The molecule has 2 N–H and O–H groups in total. The summed E-state index contributed by atoms with van der Waals surface area (Å²) < 4.78 is 27.4. The van der Waals surface area contributed by atoms with Crippen molar-refractivity contribution in [1.82, 2.24) is 0 Å². The van der Waals surface area contributed by atoms with Gasteiger partial charge in [0.25, 0.3) is 0 Å². The van der Waals surface area contributed by atoms with Gasteiger partial charge in [-0.1, -0.05) is 111 Å². The molecule has 0 aliphatic carbocycles. The van der Waals surface area contributed by atoms with Crippen molar-refractivity contribution in [2.24, 2.45) is 4.99 Å². The molecule has 0 bridgehead atoms. The molecule has 0 heterocycles. The summed E-state index contributed by atoms with van der Waals surface area (Å²) in [5.74, 6) is 0.537. The Hall–Kier alpha value is -4.16.